The van der Waals surface area contributed by atoms with Crippen LogP contribution in [0.25, 0.3) is 88.4 Å². The Labute approximate surface area is 246 Å². The van der Waals surface area contributed by atoms with Gasteiger partial charge in [0, 0.05) is 32.8 Å². The number of para-hydroxylation sites is 1. The van der Waals surface area contributed by atoms with Crippen LogP contribution in [0, 0.1) is 0 Å². The van der Waals surface area contributed by atoms with Crippen LogP contribution in [0.2, 0.25) is 0 Å². The summed E-state index contributed by atoms with van der Waals surface area (Å²) in [6.07, 6.45) is 0. The fourth-order valence-corrected chi connectivity index (χ4v) is 6.31. The Morgan fingerprint density at radius 1 is 0.395 bits per heavy atom. The molecule has 7 aromatic carbocycles. The standard InChI is InChI=1S/C39H23N3O/c1-2-12-25(13-3-1)37-40-38(42-39(41-37)31-19-10-14-24-11-4-5-15-27(24)31)26-21-22-29-28-16-6-7-17-30(28)36-35(33(29)23-26)32-18-8-9-20-34(32)43-36/h1-23H. The van der Waals surface area contributed by atoms with Crippen LogP contribution in [-0.2, 0) is 0 Å². The second kappa shape index (κ2) is 9.33. The van der Waals surface area contributed by atoms with Gasteiger partial charge in [0.1, 0.15) is 11.2 Å². The molecular weight excluding hydrogens is 526 g/mol. The third kappa shape index (κ3) is 3.74. The first-order valence-corrected chi connectivity index (χ1v) is 14.4. The molecule has 9 aromatic rings. The van der Waals surface area contributed by atoms with Gasteiger partial charge in [-0.05, 0) is 39.1 Å². The van der Waals surface area contributed by atoms with Gasteiger partial charge < -0.3 is 4.42 Å². The molecule has 0 saturated carbocycles. The number of hydrogen-bond acceptors (Lipinski definition) is 4. The summed E-state index contributed by atoms with van der Waals surface area (Å²) in [5, 5.41) is 9.02. The molecule has 0 aliphatic heterocycles. The Morgan fingerprint density at radius 3 is 1.88 bits per heavy atom. The summed E-state index contributed by atoms with van der Waals surface area (Å²) < 4.78 is 6.47. The van der Waals surface area contributed by atoms with Gasteiger partial charge in [0.15, 0.2) is 17.5 Å². The third-order valence-electron chi connectivity index (χ3n) is 8.30. The Kier molecular flexibility index (Phi) is 5.16. The van der Waals surface area contributed by atoms with Gasteiger partial charge in [-0.1, -0.05) is 127 Å². The van der Waals surface area contributed by atoms with Crippen LogP contribution < -0.4 is 0 Å². The van der Waals surface area contributed by atoms with Gasteiger partial charge in [-0.25, -0.2) is 15.0 Å². The van der Waals surface area contributed by atoms with Crippen LogP contribution in [0.5, 0.6) is 0 Å². The quantitative estimate of drug-likeness (QED) is 0.206. The largest absolute Gasteiger partial charge is 0.455 e. The van der Waals surface area contributed by atoms with Crippen LogP contribution in [0.15, 0.2) is 144 Å². The van der Waals surface area contributed by atoms with E-state index in [2.05, 4.69) is 97.1 Å². The molecular formula is C39H23N3O. The molecule has 0 aliphatic carbocycles. The molecule has 0 atom stereocenters. The summed E-state index contributed by atoms with van der Waals surface area (Å²) in [7, 11) is 0. The summed E-state index contributed by atoms with van der Waals surface area (Å²) in [6, 6.07) is 48.0. The monoisotopic (exact) mass is 549 g/mol. The van der Waals surface area contributed by atoms with E-state index in [1.54, 1.807) is 0 Å². The summed E-state index contributed by atoms with van der Waals surface area (Å²) in [4.78, 5) is 15.1. The minimum atomic E-state index is 0.632. The van der Waals surface area contributed by atoms with E-state index in [1.165, 1.54) is 5.39 Å². The van der Waals surface area contributed by atoms with E-state index in [1.807, 2.05) is 42.5 Å². The van der Waals surface area contributed by atoms with Gasteiger partial charge in [0.05, 0.1) is 0 Å². The molecule has 4 heteroatoms. The fraction of sp³-hybridized carbons (Fsp3) is 0. The van der Waals surface area contributed by atoms with Crippen molar-refractivity contribution in [1.29, 1.82) is 0 Å². The fourth-order valence-electron chi connectivity index (χ4n) is 6.31. The highest BCUT2D eigenvalue weighted by atomic mass is 16.3. The molecule has 0 fully saturated rings. The lowest BCUT2D eigenvalue weighted by Gasteiger charge is -2.12. The average molecular weight is 550 g/mol. The van der Waals surface area contributed by atoms with E-state index in [4.69, 9.17) is 19.4 Å². The van der Waals surface area contributed by atoms with Crippen molar-refractivity contribution in [3.8, 4) is 34.2 Å². The van der Waals surface area contributed by atoms with Crippen LogP contribution in [0.3, 0.4) is 0 Å². The van der Waals surface area contributed by atoms with E-state index >= 15 is 0 Å². The van der Waals surface area contributed by atoms with Gasteiger partial charge >= 0.3 is 0 Å². The Bertz CT molecular complexity index is 2510. The Hall–Kier alpha value is -5.87. The lowest BCUT2D eigenvalue weighted by molar-refractivity contribution is 0.673. The van der Waals surface area contributed by atoms with Crippen LogP contribution in [0.1, 0.15) is 0 Å². The number of benzene rings is 7. The molecule has 0 amide bonds. The zero-order valence-electron chi connectivity index (χ0n) is 23.0. The average Bonchev–Trinajstić information content (AvgIpc) is 3.48. The number of aromatic nitrogens is 3. The number of rotatable bonds is 3. The number of furan rings is 1. The highest BCUT2D eigenvalue weighted by molar-refractivity contribution is 6.30. The van der Waals surface area contributed by atoms with E-state index in [0.717, 1.165) is 65.6 Å². The van der Waals surface area contributed by atoms with E-state index in [9.17, 15) is 0 Å². The third-order valence-corrected chi connectivity index (χ3v) is 8.30. The van der Waals surface area contributed by atoms with Crippen molar-refractivity contribution in [3.63, 3.8) is 0 Å². The highest BCUT2D eigenvalue weighted by Crippen LogP contribution is 2.42. The van der Waals surface area contributed by atoms with E-state index < -0.39 is 0 Å². The first-order chi connectivity index (χ1) is 21.3. The van der Waals surface area contributed by atoms with Crippen molar-refractivity contribution < 1.29 is 4.42 Å². The van der Waals surface area contributed by atoms with Crippen molar-refractivity contribution in [1.82, 2.24) is 15.0 Å². The topological polar surface area (TPSA) is 51.8 Å². The second-order valence-electron chi connectivity index (χ2n) is 10.8. The summed E-state index contributed by atoms with van der Waals surface area (Å²) >= 11 is 0. The predicted molar refractivity (Wildman–Crippen MR) is 176 cm³/mol. The van der Waals surface area contributed by atoms with Crippen LogP contribution in [0.4, 0.5) is 0 Å². The smallest absolute Gasteiger partial charge is 0.164 e. The van der Waals surface area contributed by atoms with Gasteiger partial charge in [0.2, 0.25) is 0 Å². The minimum Gasteiger partial charge on any atom is -0.455 e. The molecule has 0 spiro atoms. The zero-order valence-corrected chi connectivity index (χ0v) is 23.0. The molecule has 9 rings (SSSR count). The number of fused-ring (bicyclic) bond motifs is 9. The maximum Gasteiger partial charge on any atom is 0.164 e. The molecule has 2 heterocycles. The van der Waals surface area contributed by atoms with Crippen molar-refractivity contribution in [2.45, 2.75) is 0 Å². The molecule has 4 nitrogen and oxygen atoms in total. The first-order valence-electron chi connectivity index (χ1n) is 14.4. The lowest BCUT2D eigenvalue weighted by atomic mass is 9.95. The summed E-state index contributed by atoms with van der Waals surface area (Å²) in [6.45, 7) is 0. The van der Waals surface area contributed by atoms with Crippen molar-refractivity contribution in [3.05, 3.63) is 140 Å². The summed E-state index contributed by atoms with van der Waals surface area (Å²) in [5.41, 5.74) is 4.64. The van der Waals surface area contributed by atoms with Gasteiger partial charge in [-0.2, -0.15) is 0 Å². The Morgan fingerprint density at radius 2 is 1.02 bits per heavy atom. The lowest BCUT2D eigenvalue weighted by Crippen LogP contribution is -2.00. The Balaban J connectivity index is 1.35. The molecule has 0 aliphatic rings. The molecule has 2 aromatic heterocycles. The van der Waals surface area contributed by atoms with Crippen molar-refractivity contribution in [2.24, 2.45) is 0 Å². The van der Waals surface area contributed by atoms with E-state index in [-0.39, 0.29) is 0 Å². The predicted octanol–water partition coefficient (Wildman–Crippen LogP) is 10.2. The maximum atomic E-state index is 6.47. The highest BCUT2D eigenvalue weighted by Gasteiger charge is 2.18. The molecule has 43 heavy (non-hydrogen) atoms. The van der Waals surface area contributed by atoms with Crippen molar-refractivity contribution in [2.75, 3.05) is 0 Å². The molecule has 200 valence electrons. The molecule has 0 bridgehead atoms. The minimum absolute atomic E-state index is 0.632. The molecule has 0 saturated heterocycles. The molecule has 0 unspecified atom stereocenters. The van der Waals surface area contributed by atoms with Gasteiger partial charge in [-0.3, -0.25) is 0 Å². The van der Waals surface area contributed by atoms with Gasteiger partial charge in [-0.15, -0.1) is 0 Å². The maximum absolute atomic E-state index is 6.47. The van der Waals surface area contributed by atoms with Crippen LogP contribution >= 0.6 is 0 Å². The number of nitrogens with zero attached hydrogens (tertiary/aromatic N) is 3. The molecule has 0 N–H and O–H groups in total. The van der Waals surface area contributed by atoms with E-state index in [0.29, 0.717) is 17.5 Å². The first kappa shape index (κ1) is 23.8. The van der Waals surface area contributed by atoms with Crippen LogP contribution in [-0.4, -0.2) is 15.0 Å². The SMILES string of the molecule is c1ccc(-c2nc(-c3ccc4c5ccccc5c5oc6ccccc6c5c4c3)nc(-c3cccc4ccccc34)n2)cc1. The van der Waals surface area contributed by atoms with Gasteiger partial charge in [0.25, 0.3) is 0 Å². The molecule has 0 radical (unpaired) electrons. The second-order valence-corrected chi connectivity index (χ2v) is 10.8. The normalized spacial score (nSPS) is 11.7. The summed E-state index contributed by atoms with van der Waals surface area (Å²) in [5.74, 6) is 1.93. The zero-order chi connectivity index (χ0) is 28.3. The van der Waals surface area contributed by atoms with Crippen molar-refractivity contribution >= 4 is 54.3 Å². The number of hydrogen-bond donors (Lipinski definition) is 0.